The van der Waals surface area contributed by atoms with E-state index in [0.29, 0.717) is 0 Å². The Morgan fingerprint density at radius 2 is 1.24 bits per heavy atom. The third kappa shape index (κ3) is 2.52. The molecule has 0 atom stereocenters. The Morgan fingerprint density at radius 3 is 1.82 bits per heavy atom. The number of rotatable bonds is 0. The molecule has 0 fully saturated rings. The van der Waals surface area contributed by atoms with Crippen LogP contribution in [0.1, 0.15) is 41.7 Å². The van der Waals surface area contributed by atoms with Gasteiger partial charge in [-0.2, -0.15) is 0 Å². The third-order valence-corrected chi connectivity index (χ3v) is 3.41. The first kappa shape index (κ1) is 13.8. The first-order valence-corrected chi connectivity index (χ1v) is 6.48. The van der Waals surface area contributed by atoms with E-state index in [2.05, 4.69) is 52.8 Å². The van der Waals surface area contributed by atoms with Crippen LogP contribution in [0.15, 0.2) is 18.2 Å². The molecule has 0 saturated heterocycles. The largest absolute Gasteiger partial charge is 0.0683 e. The van der Waals surface area contributed by atoms with Gasteiger partial charge in [0.15, 0.2) is 0 Å². The predicted molar refractivity (Wildman–Crippen MR) is 79.0 cm³/mol. The number of hydrogen-bond donors (Lipinski definition) is 0. The van der Waals surface area contributed by atoms with Crippen molar-refractivity contribution >= 4 is 10.8 Å². The Balaban J connectivity index is 0.000000686. The maximum atomic E-state index is 2.30. The van der Waals surface area contributed by atoms with Crippen LogP contribution in [0.4, 0.5) is 0 Å². The van der Waals surface area contributed by atoms with Crippen LogP contribution in [-0.4, -0.2) is 0 Å². The van der Waals surface area contributed by atoms with Crippen LogP contribution in [0, 0.1) is 34.6 Å². The Kier molecular flexibility index (Phi) is 4.34. The second-order valence-corrected chi connectivity index (χ2v) is 4.62. The number of fused-ring (bicyclic) bond motifs is 1. The third-order valence-electron chi connectivity index (χ3n) is 3.41. The molecule has 0 spiro atoms. The van der Waals surface area contributed by atoms with E-state index in [4.69, 9.17) is 0 Å². The lowest BCUT2D eigenvalue weighted by Crippen LogP contribution is -1.92. The fraction of sp³-hybridized carbons (Fsp3) is 0.412. The van der Waals surface area contributed by atoms with Crippen LogP contribution in [0.5, 0.6) is 0 Å². The summed E-state index contributed by atoms with van der Waals surface area (Å²) in [6.45, 7) is 15.0. The quantitative estimate of drug-likeness (QED) is 0.565. The Morgan fingerprint density at radius 1 is 0.647 bits per heavy atom. The van der Waals surface area contributed by atoms with Crippen LogP contribution < -0.4 is 0 Å². The van der Waals surface area contributed by atoms with Crippen molar-refractivity contribution in [1.29, 1.82) is 0 Å². The van der Waals surface area contributed by atoms with Gasteiger partial charge in [-0.15, -0.1) is 0 Å². The van der Waals surface area contributed by atoms with Crippen molar-refractivity contribution < 1.29 is 0 Å². The van der Waals surface area contributed by atoms with Gasteiger partial charge in [-0.25, -0.2) is 0 Å². The fourth-order valence-electron chi connectivity index (χ4n) is 2.45. The Bertz CT molecular complexity index is 533. The van der Waals surface area contributed by atoms with E-state index < -0.39 is 0 Å². The molecule has 2 aromatic rings. The lowest BCUT2D eigenvalue weighted by molar-refractivity contribution is 1.28. The maximum absolute atomic E-state index is 2.30. The molecule has 0 N–H and O–H groups in total. The summed E-state index contributed by atoms with van der Waals surface area (Å²) in [5.74, 6) is 0. The van der Waals surface area contributed by atoms with E-state index in [0.717, 1.165) is 0 Å². The summed E-state index contributed by atoms with van der Waals surface area (Å²) in [6, 6.07) is 6.85. The van der Waals surface area contributed by atoms with Gasteiger partial charge in [0.1, 0.15) is 0 Å². The monoisotopic (exact) mass is 228 g/mol. The highest BCUT2D eigenvalue weighted by atomic mass is 14.1. The molecule has 0 aliphatic carbocycles. The van der Waals surface area contributed by atoms with Crippen molar-refractivity contribution in [3.8, 4) is 0 Å². The predicted octanol–water partition coefficient (Wildman–Crippen LogP) is 5.41. The summed E-state index contributed by atoms with van der Waals surface area (Å²) >= 11 is 0. The SMILES string of the molecule is CC.Cc1cc(C)c2c(C)c(C)c(C)cc2c1. The van der Waals surface area contributed by atoms with E-state index in [1.807, 2.05) is 13.8 Å². The van der Waals surface area contributed by atoms with Gasteiger partial charge in [-0.1, -0.05) is 37.6 Å². The lowest BCUT2D eigenvalue weighted by Gasteiger charge is -2.12. The highest BCUT2D eigenvalue weighted by molar-refractivity contribution is 5.90. The summed E-state index contributed by atoms with van der Waals surface area (Å²) in [5, 5.41) is 2.82. The zero-order valence-corrected chi connectivity index (χ0v) is 12.2. The molecule has 0 heterocycles. The van der Waals surface area contributed by atoms with Gasteiger partial charge in [-0.05, 0) is 67.6 Å². The molecule has 0 heteroatoms. The second kappa shape index (κ2) is 5.35. The smallest absolute Gasteiger partial charge is 0.0122 e. The molecule has 92 valence electrons. The van der Waals surface area contributed by atoms with Crippen molar-refractivity contribution in [3.05, 3.63) is 46.0 Å². The Hall–Kier alpha value is -1.30. The van der Waals surface area contributed by atoms with Crippen molar-refractivity contribution in [2.75, 3.05) is 0 Å². The molecule has 0 bridgehead atoms. The minimum absolute atomic E-state index is 1.35. The van der Waals surface area contributed by atoms with Gasteiger partial charge in [0.25, 0.3) is 0 Å². The van der Waals surface area contributed by atoms with Gasteiger partial charge < -0.3 is 0 Å². The lowest BCUT2D eigenvalue weighted by atomic mass is 9.92. The van der Waals surface area contributed by atoms with Gasteiger partial charge in [0.05, 0.1) is 0 Å². The zero-order valence-electron chi connectivity index (χ0n) is 12.2. The summed E-state index contributed by atoms with van der Waals surface area (Å²) in [4.78, 5) is 0. The zero-order chi connectivity index (χ0) is 13.2. The molecular formula is C17H24. The summed E-state index contributed by atoms with van der Waals surface area (Å²) in [7, 11) is 0. The molecule has 0 unspecified atom stereocenters. The molecule has 2 aromatic carbocycles. The highest BCUT2D eigenvalue weighted by Gasteiger charge is 2.06. The van der Waals surface area contributed by atoms with E-state index >= 15 is 0 Å². The van der Waals surface area contributed by atoms with Crippen LogP contribution in [0.2, 0.25) is 0 Å². The van der Waals surface area contributed by atoms with E-state index in [1.54, 1.807) is 0 Å². The second-order valence-electron chi connectivity index (χ2n) is 4.62. The average molecular weight is 228 g/mol. The number of benzene rings is 2. The molecule has 17 heavy (non-hydrogen) atoms. The maximum Gasteiger partial charge on any atom is -0.0122 e. The molecule has 0 nitrogen and oxygen atoms in total. The van der Waals surface area contributed by atoms with Crippen molar-refractivity contribution in [3.63, 3.8) is 0 Å². The normalized spacial score (nSPS) is 10.1. The minimum Gasteiger partial charge on any atom is -0.0683 e. The molecule has 0 aliphatic heterocycles. The van der Waals surface area contributed by atoms with Crippen LogP contribution in [0.25, 0.3) is 10.8 Å². The topological polar surface area (TPSA) is 0 Å². The molecule has 0 aliphatic rings. The van der Waals surface area contributed by atoms with Crippen LogP contribution in [0.3, 0.4) is 0 Å². The molecule has 0 aromatic heterocycles. The molecule has 2 rings (SSSR count). The van der Waals surface area contributed by atoms with Crippen LogP contribution in [-0.2, 0) is 0 Å². The van der Waals surface area contributed by atoms with Crippen molar-refractivity contribution in [2.45, 2.75) is 48.5 Å². The number of aryl methyl sites for hydroxylation is 4. The van der Waals surface area contributed by atoms with E-state index in [-0.39, 0.29) is 0 Å². The summed E-state index contributed by atoms with van der Waals surface area (Å²) in [5.41, 5.74) is 7.00. The first-order chi connectivity index (χ1) is 8.00. The minimum atomic E-state index is 1.35. The fourth-order valence-corrected chi connectivity index (χ4v) is 2.45. The summed E-state index contributed by atoms with van der Waals surface area (Å²) < 4.78 is 0. The molecule has 0 saturated carbocycles. The standard InChI is InChI=1S/C15H18.C2H6/c1-9-6-11(3)15-13(5)12(4)10(2)8-14(15)7-9;1-2/h6-8H,1-5H3;1-2H3. The highest BCUT2D eigenvalue weighted by Crippen LogP contribution is 2.28. The number of hydrogen-bond acceptors (Lipinski definition) is 0. The molecule has 0 amide bonds. The molecular weight excluding hydrogens is 204 g/mol. The van der Waals surface area contributed by atoms with Crippen molar-refractivity contribution in [1.82, 2.24) is 0 Å². The van der Waals surface area contributed by atoms with E-state index in [9.17, 15) is 0 Å². The van der Waals surface area contributed by atoms with Crippen LogP contribution >= 0.6 is 0 Å². The van der Waals surface area contributed by atoms with Gasteiger partial charge in [-0.3, -0.25) is 0 Å². The van der Waals surface area contributed by atoms with Gasteiger partial charge in [0.2, 0.25) is 0 Å². The average Bonchev–Trinajstić information content (AvgIpc) is 2.27. The first-order valence-electron chi connectivity index (χ1n) is 6.48. The van der Waals surface area contributed by atoms with E-state index in [1.165, 1.54) is 38.6 Å². The summed E-state index contributed by atoms with van der Waals surface area (Å²) in [6.07, 6.45) is 0. The van der Waals surface area contributed by atoms with Gasteiger partial charge >= 0.3 is 0 Å². The van der Waals surface area contributed by atoms with Crippen molar-refractivity contribution in [2.24, 2.45) is 0 Å². The Labute approximate surface area is 106 Å². The molecule has 0 radical (unpaired) electrons. The van der Waals surface area contributed by atoms with Gasteiger partial charge in [0, 0.05) is 0 Å².